The largest absolute Gasteiger partial charge is 0.459 e. The highest BCUT2D eigenvalue weighted by Gasteiger charge is 2.37. The molecule has 3 atom stereocenters. The molecule has 5 nitrogen and oxygen atoms in total. The van der Waals surface area contributed by atoms with E-state index in [1.54, 1.807) is 11.3 Å². The number of anilines is 1. The Labute approximate surface area is 163 Å². The lowest BCUT2D eigenvalue weighted by molar-refractivity contribution is -0.164. The summed E-state index contributed by atoms with van der Waals surface area (Å²) in [6.45, 7) is 2.52. The lowest BCUT2D eigenvalue weighted by Gasteiger charge is -2.36. The van der Waals surface area contributed by atoms with Crippen molar-refractivity contribution in [2.24, 2.45) is 5.92 Å². The van der Waals surface area contributed by atoms with Gasteiger partial charge in [-0.25, -0.2) is 0 Å². The van der Waals surface area contributed by atoms with Gasteiger partial charge in [-0.2, -0.15) is 11.3 Å². The van der Waals surface area contributed by atoms with Gasteiger partial charge in [0, 0.05) is 30.7 Å². The fourth-order valence-corrected chi connectivity index (χ4v) is 4.03. The molecule has 3 rings (SSSR count). The molecule has 1 aromatic carbocycles. The minimum Gasteiger partial charge on any atom is -0.459 e. The van der Waals surface area contributed by atoms with Gasteiger partial charge in [0.1, 0.15) is 0 Å². The van der Waals surface area contributed by atoms with Crippen LogP contribution in [0.25, 0.3) is 0 Å². The molecule has 0 spiro atoms. The average molecular weight is 388 g/mol. The predicted molar refractivity (Wildman–Crippen MR) is 107 cm³/mol. The number of aliphatic hydroxyl groups is 1. The molecule has 1 aromatic heterocycles. The number of nitrogens with one attached hydrogen (secondary N) is 1. The summed E-state index contributed by atoms with van der Waals surface area (Å²) in [5.74, 6) is 0.0325. The average Bonchev–Trinajstić information content (AvgIpc) is 3.22. The van der Waals surface area contributed by atoms with Crippen molar-refractivity contribution in [3.63, 3.8) is 0 Å². The molecule has 0 fully saturated rings. The van der Waals surface area contributed by atoms with Crippen molar-refractivity contribution in [3.05, 3.63) is 64.6 Å². The second-order valence-electron chi connectivity index (χ2n) is 6.40. The zero-order valence-electron chi connectivity index (χ0n) is 15.3. The molecule has 0 saturated heterocycles. The number of benzene rings is 1. The number of aliphatic hydroxyl groups excluding tert-OH is 1. The van der Waals surface area contributed by atoms with Gasteiger partial charge >= 0.3 is 0 Å². The monoisotopic (exact) mass is 387 g/mol. The maximum atomic E-state index is 12.8. The van der Waals surface area contributed by atoms with Crippen LogP contribution >= 0.6 is 11.3 Å². The third-order valence-electron chi connectivity index (χ3n) is 4.59. The van der Waals surface area contributed by atoms with Crippen molar-refractivity contribution in [2.45, 2.75) is 32.0 Å². The standard InChI is InChI=1S/C21H25NO4S/c1-2-25-21-17(9-6-11-23)18(15-10-12-27-14-15)13-19(26-21)20(24)22-16-7-4-3-5-8-16/h3-5,7-8,10,12-14,17-18,21,23H,2,6,9,11H2,1H3,(H,22,24)/t17-,18+,21+/m0/s1. The Morgan fingerprint density at radius 3 is 2.78 bits per heavy atom. The van der Waals surface area contributed by atoms with Gasteiger partial charge in [-0.1, -0.05) is 18.2 Å². The van der Waals surface area contributed by atoms with E-state index in [1.807, 2.05) is 48.7 Å². The number of hydrogen-bond donors (Lipinski definition) is 2. The zero-order valence-corrected chi connectivity index (χ0v) is 16.2. The number of carbonyl (C=O) groups excluding carboxylic acids is 1. The van der Waals surface area contributed by atoms with E-state index in [0.29, 0.717) is 13.0 Å². The molecule has 0 unspecified atom stereocenters. The summed E-state index contributed by atoms with van der Waals surface area (Å²) in [4.78, 5) is 12.8. The van der Waals surface area contributed by atoms with E-state index in [-0.39, 0.29) is 30.1 Å². The molecule has 6 heteroatoms. The fourth-order valence-electron chi connectivity index (χ4n) is 3.32. The molecule has 1 aliphatic heterocycles. The van der Waals surface area contributed by atoms with E-state index in [4.69, 9.17) is 9.47 Å². The first kappa shape index (κ1) is 19.6. The minimum absolute atomic E-state index is 0.00428. The van der Waals surface area contributed by atoms with Crippen LogP contribution < -0.4 is 5.32 Å². The van der Waals surface area contributed by atoms with Crippen LogP contribution in [0.5, 0.6) is 0 Å². The van der Waals surface area contributed by atoms with Crippen molar-refractivity contribution in [1.29, 1.82) is 0 Å². The summed E-state index contributed by atoms with van der Waals surface area (Å²) >= 11 is 1.63. The molecule has 27 heavy (non-hydrogen) atoms. The Morgan fingerprint density at radius 1 is 1.30 bits per heavy atom. The molecule has 2 N–H and O–H groups in total. The number of para-hydroxylation sites is 1. The summed E-state index contributed by atoms with van der Waals surface area (Å²) in [5, 5.41) is 16.3. The van der Waals surface area contributed by atoms with E-state index in [0.717, 1.165) is 17.7 Å². The molecule has 144 valence electrons. The summed E-state index contributed by atoms with van der Waals surface area (Å²) < 4.78 is 11.8. The Kier molecular flexibility index (Phi) is 7.04. The molecule has 0 radical (unpaired) electrons. The van der Waals surface area contributed by atoms with Gasteiger partial charge in [-0.05, 0) is 60.4 Å². The summed E-state index contributed by atoms with van der Waals surface area (Å²) in [6.07, 6.45) is 2.79. The van der Waals surface area contributed by atoms with E-state index in [2.05, 4.69) is 16.8 Å². The van der Waals surface area contributed by atoms with Crippen LogP contribution in [-0.2, 0) is 14.3 Å². The third-order valence-corrected chi connectivity index (χ3v) is 5.30. The molecule has 1 aliphatic rings. The SMILES string of the molecule is CCO[C@@H]1OC(C(=O)Nc2ccccc2)=C[C@H](c2ccsc2)[C@@H]1CCCO. The van der Waals surface area contributed by atoms with Crippen LogP contribution in [0.1, 0.15) is 31.2 Å². The van der Waals surface area contributed by atoms with E-state index in [9.17, 15) is 9.90 Å². The van der Waals surface area contributed by atoms with E-state index in [1.165, 1.54) is 0 Å². The maximum Gasteiger partial charge on any atom is 0.290 e. The van der Waals surface area contributed by atoms with Crippen molar-refractivity contribution in [3.8, 4) is 0 Å². The fraction of sp³-hybridized carbons (Fsp3) is 0.381. The maximum absolute atomic E-state index is 12.8. The Balaban J connectivity index is 1.87. The van der Waals surface area contributed by atoms with Gasteiger partial charge in [-0.15, -0.1) is 0 Å². The number of rotatable bonds is 8. The van der Waals surface area contributed by atoms with Crippen LogP contribution in [0.2, 0.25) is 0 Å². The topological polar surface area (TPSA) is 67.8 Å². The van der Waals surface area contributed by atoms with Gasteiger partial charge in [0.2, 0.25) is 6.29 Å². The number of thiophene rings is 1. The first-order chi connectivity index (χ1) is 13.2. The van der Waals surface area contributed by atoms with Crippen LogP contribution in [-0.4, -0.2) is 30.5 Å². The summed E-state index contributed by atoms with van der Waals surface area (Å²) in [7, 11) is 0. The molecule has 0 bridgehead atoms. The Bertz CT molecular complexity index is 745. The highest BCUT2D eigenvalue weighted by atomic mass is 32.1. The first-order valence-electron chi connectivity index (χ1n) is 9.22. The second-order valence-corrected chi connectivity index (χ2v) is 7.18. The minimum atomic E-state index is -0.520. The van der Waals surface area contributed by atoms with E-state index < -0.39 is 6.29 Å². The van der Waals surface area contributed by atoms with Crippen LogP contribution in [0, 0.1) is 5.92 Å². The number of allylic oxidation sites excluding steroid dienone is 1. The van der Waals surface area contributed by atoms with Gasteiger partial charge in [-0.3, -0.25) is 4.79 Å². The van der Waals surface area contributed by atoms with Crippen molar-refractivity contribution >= 4 is 22.9 Å². The molecule has 2 aromatic rings. The molecular weight excluding hydrogens is 362 g/mol. The van der Waals surface area contributed by atoms with Crippen LogP contribution in [0.15, 0.2) is 59.0 Å². The lowest BCUT2D eigenvalue weighted by Crippen LogP contribution is -2.37. The zero-order chi connectivity index (χ0) is 19.1. The molecule has 2 heterocycles. The van der Waals surface area contributed by atoms with Crippen molar-refractivity contribution in [1.82, 2.24) is 0 Å². The molecule has 0 saturated carbocycles. The Hall–Kier alpha value is -2.15. The third kappa shape index (κ3) is 4.97. The summed E-state index contributed by atoms with van der Waals surface area (Å²) in [5.41, 5.74) is 1.86. The number of ether oxygens (including phenoxy) is 2. The number of amides is 1. The number of carbonyl (C=O) groups is 1. The van der Waals surface area contributed by atoms with Gasteiger partial charge < -0.3 is 19.9 Å². The van der Waals surface area contributed by atoms with Gasteiger partial charge in [0.25, 0.3) is 5.91 Å². The highest BCUT2D eigenvalue weighted by molar-refractivity contribution is 7.08. The predicted octanol–water partition coefficient (Wildman–Crippen LogP) is 4.14. The highest BCUT2D eigenvalue weighted by Crippen LogP contribution is 2.40. The second kappa shape index (κ2) is 9.69. The van der Waals surface area contributed by atoms with E-state index >= 15 is 0 Å². The molecular formula is C21H25NO4S. The van der Waals surface area contributed by atoms with Gasteiger partial charge in [0.05, 0.1) is 0 Å². The van der Waals surface area contributed by atoms with Crippen LogP contribution in [0.3, 0.4) is 0 Å². The lowest BCUT2D eigenvalue weighted by atomic mass is 9.81. The van der Waals surface area contributed by atoms with Crippen LogP contribution in [0.4, 0.5) is 5.69 Å². The smallest absolute Gasteiger partial charge is 0.290 e. The molecule has 0 aliphatic carbocycles. The normalized spacial score (nSPS) is 22.0. The first-order valence-corrected chi connectivity index (χ1v) is 10.2. The van der Waals surface area contributed by atoms with Crippen molar-refractivity contribution < 1.29 is 19.4 Å². The Morgan fingerprint density at radius 2 is 2.11 bits per heavy atom. The van der Waals surface area contributed by atoms with Crippen molar-refractivity contribution in [2.75, 3.05) is 18.5 Å². The summed E-state index contributed by atoms with van der Waals surface area (Å²) in [6, 6.07) is 11.4. The van der Waals surface area contributed by atoms with Gasteiger partial charge in [0.15, 0.2) is 5.76 Å². The number of hydrogen-bond acceptors (Lipinski definition) is 5. The quantitative estimate of drug-likeness (QED) is 0.714. The molecule has 1 amide bonds.